The minimum atomic E-state index is -0.890. The van der Waals surface area contributed by atoms with Crippen LogP contribution in [0.1, 0.15) is 31.1 Å². The summed E-state index contributed by atoms with van der Waals surface area (Å²) in [5, 5.41) is 11.0. The number of nitrogens with zero attached hydrogens (tertiary/aromatic N) is 3. The van der Waals surface area contributed by atoms with Crippen LogP contribution in [-0.2, 0) is 14.3 Å². The zero-order chi connectivity index (χ0) is 23.0. The second kappa shape index (κ2) is 10.5. The van der Waals surface area contributed by atoms with Crippen LogP contribution in [0.25, 0.3) is 0 Å². The predicted octanol–water partition coefficient (Wildman–Crippen LogP) is 4.05. The molecule has 0 aliphatic rings. The standard InChI is InChI=1S/C23H28N4O4/c1-16(22(30)31-15-23(2,3)14-28)24-21(29)19-8-6-7-9-20(19)26-25-17-10-12-18(13-11-17)27(4)5/h6-14,16H,15H2,1-5H3,(H,24,29)/t16-/m0/s1. The lowest BCUT2D eigenvalue weighted by Crippen LogP contribution is -2.40. The van der Waals surface area contributed by atoms with Gasteiger partial charge in [0.05, 0.1) is 22.4 Å². The molecule has 0 radical (unpaired) electrons. The number of azo groups is 1. The summed E-state index contributed by atoms with van der Waals surface area (Å²) in [7, 11) is 3.90. The number of hydrogen-bond donors (Lipinski definition) is 1. The topological polar surface area (TPSA) is 100 Å². The zero-order valence-corrected chi connectivity index (χ0v) is 18.5. The molecule has 8 nitrogen and oxygen atoms in total. The largest absolute Gasteiger partial charge is 0.463 e. The summed E-state index contributed by atoms with van der Waals surface area (Å²) in [6.07, 6.45) is 0.721. The highest BCUT2D eigenvalue weighted by molar-refractivity contribution is 6.00. The molecule has 0 aliphatic carbocycles. The van der Waals surface area contributed by atoms with Crippen LogP contribution < -0.4 is 10.2 Å². The predicted molar refractivity (Wildman–Crippen MR) is 119 cm³/mol. The normalized spacial score (nSPS) is 12.3. The molecule has 0 aromatic heterocycles. The smallest absolute Gasteiger partial charge is 0.328 e. The molecule has 0 unspecified atom stereocenters. The Bertz CT molecular complexity index is 952. The fraction of sp³-hybridized carbons (Fsp3) is 0.348. The van der Waals surface area contributed by atoms with Crippen LogP contribution in [0.4, 0.5) is 17.1 Å². The van der Waals surface area contributed by atoms with E-state index in [-0.39, 0.29) is 12.2 Å². The SMILES string of the molecule is C[C@H](NC(=O)c1ccccc1N=Nc1ccc(N(C)C)cc1)C(=O)OCC(C)(C)C=O. The van der Waals surface area contributed by atoms with Gasteiger partial charge in [-0.1, -0.05) is 12.1 Å². The number of aldehydes is 1. The Morgan fingerprint density at radius 1 is 1.10 bits per heavy atom. The number of carbonyl (C=O) groups excluding carboxylic acids is 3. The first-order chi connectivity index (χ1) is 14.6. The molecule has 2 aromatic carbocycles. The number of rotatable bonds is 9. The first kappa shape index (κ1) is 23.7. The van der Waals surface area contributed by atoms with E-state index in [9.17, 15) is 14.4 Å². The lowest BCUT2D eigenvalue weighted by Gasteiger charge is -2.19. The minimum absolute atomic E-state index is 0.0625. The number of anilines is 1. The van der Waals surface area contributed by atoms with E-state index < -0.39 is 23.3 Å². The summed E-state index contributed by atoms with van der Waals surface area (Å²) >= 11 is 0. The first-order valence-electron chi connectivity index (χ1n) is 9.85. The third-order valence-corrected chi connectivity index (χ3v) is 4.39. The molecule has 0 fully saturated rings. The molecule has 31 heavy (non-hydrogen) atoms. The van der Waals surface area contributed by atoms with Crippen LogP contribution in [0.2, 0.25) is 0 Å². The molecule has 0 spiro atoms. The van der Waals surface area contributed by atoms with Crippen LogP contribution in [0.15, 0.2) is 58.8 Å². The lowest BCUT2D eigenvalue weighted by atomic mass is 9.98. The first-order valence-corrected chi connectivity index (χ1v) is 9.85. The minimum Gasteiger partial charge on any atom is -0.463 e. The van der Waals surface area contributed by atoms with Crippen molar-refractivity contribution in [1.29, 1.82) is 0 Å². The second-order valence-electron chi connectivity index (χ2n) is 8.04. The second-order valence-corrected chi connectivity index (χ2v) is 8.04. The molecule has 8 heteroatoms. The van der Waals surface area contributed by atoms with Gasteiger partial charge in [0.2, 0.25) is 0 Å². The maximum absolute atomic E-state index is 12.7. The maximum atomic E-state index is 12.7. The molecule has 0 bridgehead atoms. The van der Waals surface area contributed by atoms with E-state index in [0.29, 0.717) is 11.4 Å². The quantitative estimate of drug-likeness (QED) is 0.372. The summed E-state index contributed by atoms with van der Waals surface area (Å²) in [4.78, 5) is 37.7. The Morgan fingerprint density at radius 2 is 1.74 bits per heavy atom. The van der Waals surface area contributed by atoms with Crippen LogP contribution in [0, 0.1) is 5.41 Å². The van der Waals surface area contributed by atoms with Crippen LogP contribution in [0.5, 0.6) is 0 Å². The van der Waals surface area contributed by atoms with Gasteiger partial charge in [0.1, 0.15) is 18.9 Å². The summed E-state index contributed by atoms with van der Waals surface area (Å²) in [5.74, 6) is -1.10. The van der Waals surface area contributed by atoms with Gasteiger partial charge >= 0.3 is 5.97 Å². The van der Waals surface area contributed by atoms with Crippen molar-refractivity contribution in [2.45, 2.75) is 26.8 Å². The number of benzene rings is 2. The van der Waals surface area contributed by atoms with E-state index in [1.54, 1.807) is 38.1 Å². The van der Waals surface area contributed by atoms with Crippen LogP contribution in [-0.4, -0.2) is 44.9 Å². The van der Waals surface area contributed by atoms with E-state index in [1.807, 2.05) is 43.3 Å². The Hall–Kier alpha value is -3.55. The molecule has 2 rings (SSSR count). The zero-order valence-electron chi connectivity index (χ0n) is 18.5. The van der Waals surface area contributed by atoms with Crippen molar-refractivity contribution >= 4 is 35.2 Å². The van der Waals surface area contributed by atoms with Gasteiger partial charge in [0.25, 0.3) is 5.91 Å². The molecular formula is C23H28N4O4. The van der Waals surface area contributed by atoms with Crippen LogP contribution >= 0.6 is 0 Å². The Balaban J connectivity index is 2.07. The average molecular weight is 425 g/mol. The molecule has 164 valence electrons. The molecule has 0 saturated carbocycles. The van der Waals surface area contributed by atoms with Gasteiger partial charge in [-0.15, -0.1) is 5.11 Å². The average Bonchev–Trinajstić information content (AvgIpc) is 2.76. The van der Waals surface area contributed by atoms with Crippen molar-refractivity contribution in [2.75, 3.05) is 25.6 Å². The van der Waals surface area contributed by atoms with Crippen molar-refractivity contribution in [1.82, 2.24) is 5.32 Å². The Labute approximate surface area is 182 Å². The fourth-order valence-corrected chi connectivity index (χ4v) is 2.43. The third-order valence-electron chi connectivity index (χ3n) is 4.39. The van der Waals surface area contributed by atoms with Gasteiger partial charge in [-0.2, -0.15) is 5.11 Å². The van der Waals surface area contributed by atoms with Crippen molar-refractivity contribution in [3.05, 3.63) is 54.1 Å². The number of esters is 1. The van der Waals surface area contributed by atoms with E-state index in [1.165, 1.54) is 6.92 Å². The van der Waals surface area contributed by atoms with Gasteiger partial charge in [-0.3, -0.25) is 4.79 Å². The summed E-state index contributed by atoms with van der Waals surface area (Å²) in [5.41, 5.74) is 1.56. The van der Waals surface area contributed by atoms with Crippen molar-refractivity contribution in [3.63, 3.8) is 0 Å². The van der Waals surface area contributed by atoms with Gasteiger partial charge in [-0.25, -0.2) is 4.79 Å². The Kier molecular flexibility index (Phi) is 8.01. The molecular weight excluding hydrogens is 396 g/mol. The highest BCUT2D eigenvalue weighted by Gasteiger charge is 2.23. The highest BCUT2D eigenvalue weighted by atomic mass is 16.5. The molecule has 1 N–H and O–H groups in total. The summed E-state index contributed by atoms with van der Waals surface area (Å²) in [6, 6.07) is 13.3. The third kappa shape index (κ3) is 7.02. The molecule has 2 aromatic rings. The monoisotopic (exact) mass is 424 g/mol. The van der Waals surface area contributed by atoms with E-state index in [4.69, 9.17) is 4.74 Å². The van der Waals surface area contributed by atoms with Crippen molar-refractivity contribution in [2.24, 2.45) is 15.6 Å². The molecule has 1 atom stereocenters. The number of ether oxygens (including phenoxy) is 1. The van der Waals surface area contributed by atoms with E-state index in [0.717, 1.165) is 12.0 Å². The maximum Gasteiger partial charge on any atom is 0.328 e. The van der Waals surface area contributed by atoms with Gasteiger partial charge < -0.3 is 19.7 Å². The van der Waals surface area contributed by atoms with Crippen molar-refractivity contribution < 1.29 is 19.1 Å². The van der Waals surface area contributed by atoms with Gasteiger partial charge in [0, 0.05) is 19.8 Å². The number of hydrogen-bond acceptors (Lipinski definition) is 7. The number of amides is 1. The van der Waals surface area contributed by atoms with Crippen molar-refractivity contribution in [3.8, 4) is 0 Å². The molecule has 0 aliphatic heterocycles. The van der Waals surface area contributed by atoms with Crippen LogP contribution in [0.3, 0.4) is 0 Å². The number of carbonyl (C=O) groups is 3. The number of nitrogens with one attached hydrogen (secondary N) is 1. The van der Waals surface area contributed by atoms with E-state index >= 15 is 0 Å². The summed E-state index contributed by atoms with van der Waals surface area (Å²) in [6.45, 7) is 4.77. The lowest BCUT2D eigenvalue weighted by molar-refractivity contribution is -0.149. The summed E-state index contributed by atoms with van der Waals surface area (Å²) < 4.78 is 5.13. The molecule has 0 saturated heterocycles. The molecule has 0 heterocycles. The fourth-order valence-electron chi connectivity index (χ4n) is 2.43. The highest BCUT2D eigenvalue weighted by Crippen LogP contribution is 2.24. The van der Waals surface area contributed by atoms with Gasteiger partial charge in [0.15, 0.2) is 0 Å². The molecule has 1 amide bonds. The Morgan fingerprint density at radius 3 is 2.35 bits per heavy atom. The van der Waals surface area contributed by atoms with Gasteiger partial charge in [-0.05, 0) is 57.2 Å². The van der Waals surface area contributed by atoms with E-state index in [2.05, 4.69) is 15.5 Å².